The molecule has 0 N–H and O–H groups in total. The predicted octanol–water partition coefficient (Wildman–Crippen LogP) is 4.31. The highest BCUT2D eigenvalue weighted by Crippen LogP contribution is 2.39. The standard InChI is InChI=1S/C17H11ClF3NO2/c18-15(23)13-8-10-4-1-2-7-14(10)22(16(13)24)12-6-3-5-11(9-12)17(19,20)21/h1-7,9,13H,8H2. The van der Waals surface area contributed by atoms with Crippen molar-refractivity contribution in [1.82, 2.24) is 0 Å². The third kappa shape index (κ3) is 2.89. The second-order valence-corrected chi connectivity index (χ2v) is 5.78. The predicted molar refractivity (Wildman–Crippen MR) is 83.1 cm³/mol. The van der Waals surface area contributed by atoms with Crippen LogP contribution in [-0.4, -0.2) is 11.1 Å². The number of anilines is 2. The molecule has 2 aromatic rings. The van der Waals surface area contributed by atoms with Crippen LogP contribution in [0.15, 0.2) is 48.5 Å². The zero-order valence-electron chi connectivity index (χ0n) is 12.2. The van der Waals surface area contributed by atoms with Gasteiger partial charge in [0, 0.05) is 5.69 Å². The van der Waals surface area contributed by atoms with Crippen LogP contribution < -0.4 is 4.90 Å². The van der Waals surface area contributed by atoms with E-state index in [-0.39, 0.29) is 12.1 Å². The van der Waals surface area contributed by atoms with Crippen LogP contribution in [0.25, 0.3) is 0 Å². The lowest BCUT2D eigenvalue weighted by atomic mass is 9.92. The van der Waals surface area contributed by atoms with Gasteiger partial charge in [0.2, 0.25) is 11.1 Å². The zero-order valence-corrected chi connectivity index (χ0v) is 12.9. The maximum Gasteiger partial charge on any atom is 0.416 e. The van der Waals surface area contributed by atoms with Gasteiger partial charge in [0.1, 0.15) is 5.92 Å². The van der Waals surface area contributed by atoms with Crippen LogP contribution in [0, 0.1) is 5.92 Å². The van der Waals surface area contributed by atoms with Crippen molar-refractivity contribution >= 4 is 34.1 Å². The summed E-state index contributed by atoms with van der Waals surface area (Å²) in [6, 6.07) is 11.2. The summed E-state index contributed by atoms with van der Waals surface area (Å²) < 4.78 is 38.9. The van der Waals surface area contributed by atoms with Crippen molar-refractivity contribution in [3.63, 3.8) is 0 Å². The van der Waals surface area contributed by atoms with Crippen molar-refractivity contribution in [2.75, 3.05) is 4.90 Å². The van der Waals surface area contributed by atoms with E-state index in [9.17, 15) is 22.8 Å². The molecule has 1 aliphatic heterocycles. The molecule has 124 valence electrons. The fourth-order valence-electron chi connectivity index (χ4n) is 2.75. The largest absolute Gasteiger partial charge is 0.416 e. The van der Waals surface area contributed by atoms with Crippen LogP contribution in [0.4, 0.5) is 24.5 Å². The fourth-order valence-corrected chi connectivity index (χ4v) is 2.92. The Kier molecular flexibility index (Phi) is 4.09. The second kappa shape index (κ2) is 5.94. The highest BCUT2D eigenvalue weighted by molar-refractivity contribution is 6.65. The molecular weight excluding hydrogens is 343 g/mol. The van der Waals surface area contributed by atoms with E-state index in [4.69, 9.17) is 11.6 Å². The molecule has 0 spiro atoms. The van der Waals surface area contributed by atoms with E-state index >= 15 is 0 Å². The molecule has 3 nitrogen and oxygen atoms in total. The minimum Gasteiger partial charge on any atom is -0.280 e. The van der Waals surface area contributed by atoms with E-state index in [2.05, 4.69) is 0 Å². The maximum absolute atomic E-state index is 13.0. The van der Waals surface area contributed by atoms with Gasteiger partial charge in [0.25, 0.3) is 0 Å². The SMILES string of the molecule is O=C(Cl)C1Cc2ccccc2N(c2cccc(C(F)(F)F)c2)C1=O. The Morgan fingerprint density at radius 1 is 1.12 bits per heavy atom. The second-order valence-electron chi connectivity index (χ2n) is 5.41. The van der Waals surface area contributed by atoms with Gasteiger partial charge in [-0.3, -0.25) is 14.5 Å². The van der Waals surface area contributed by atoms with Gasteiger partial charge < -0.3 is 0 Å². The number of hydrogen-bond acceptors (Lipinski definition) is 2. The summed E-state index contributed by atoms with van der Waals surface area (Å²) in [4.78, 5) is 25.3. The molecule has 0 fully saturated rings. The Morgan fingerprint density at radius 3 is 2.50 bits per heavy atom. The van der Waals surface area contributed by atoms with Gasteiger partial charge in [-0.15, -0.1) is 0 Å². The number of rotatable bonds is 2. The van der Waals surface area contributed by atoms with E-state index in [0.717, 1.165) is 17.0 Å². The molecule has 0 bridgehead atoms. The molecule has 0 aliphatic carbocycles. The van der Waals surface area contributed by atoms with Gasteiger partial charge >= 0.3 is 6.18 Å². The summed E-state index contributed by atoms with van der Waals surface area (Å²) in [6.45, 7) is 0. The fraction of sp³-hybridized carbons (Fsp3) is 0.176. The number of fused-ring (bicyclic) bond motifs is 1. The number of nitrogens with zero attached hydrogens (tertiary/aromatic N) is 1. The van der Waals surface area contributed by atoms with Gasteiger partial charge in [-0.1, -0.05) is 24.3 Å². The number of carbonyl (C=O) groups is 2. The molecule has 1 amide bonds. The monoisotopic (exact) mass is 353 g/mol. The molecule has 1 aliphatic rings. The van der Waals surface area contributed by atoms with Crippen molar-refractivity contribution in [2.24, 2.45) is 5.92 Å². The first-order valence-corrected chi connectivity index (χ1v) is 7.45. The smallest absolute Gasteiger partial charge is 0.280 e. The van der Waals surface area contributed by atoms with Gasteiger partial charge in [-0.2, -0.15) is 13.2 Å². The number of alkyl halides is 3. The van der Waals surface area contributed by atoms with E-state index in [1.807, 2.05) is 0 Å². The lowest BCUT2D eigenvalue weighted by molar-refractivity contribution is -0.137. The average Bonchev–Trinajstić information content (AvgIpc) is 2.53. The van der Waals surface area contributed by atoms with E-state index in [0.29, 0.717) is 11.3 Å². The number of amides is 1. The van der Waals surface area contributed by atoms with Gasteiger partial charge in [-0.05, 0) is 47.9 Å². The number of para-hydroxylation sites is 1. The van der Waals surface area contributed by atoms with Crippen molar-refractivity contribution in [3.8, 4) is 0 Å². The highest BCUT2D eigenvalue weighted by atomic mass is 35.5. The van der Waals surface area contributed by atoms with E-state index in [1.165, 1.54) is 12.1 Å². The molecular formula is C17H11ClF3NO2. The van der Waals surface area contributed by atoms with Crippen LogP contribution >= 0.6 is 11.6 Å². The van der Waals surface area contributed by atoms with Gasteiger partial charge in [0.05, 0.1) is 11.3 Å². The van der Waals surface area contributed by atoms with Crippen LogP contribution in [-0.2, 0) is 22.2 Å². The normalized spacial score (nSPS) is 17.6. The zero-order chi connectivity index (χ0) is 17.5. The number of carbonyl (C=O) groups excluding carboxylic acids is 2. The number of benzene rings is 2. The Labute approximate surface area is 140 Å². The molecule has 0 radical (unpaired) electrons. The van der Waals surface area contributed by atoms with Crippen LogP contribution in [0.1, 0.15) is 11.1 Å². The maximum atomic E-state index is 13.0. The molecule has 2 aromatic carbocycles. The van der Waals surface area contributed by atoms with Crippen molar-refractivity contribution < 1.29 is 22.8 Å². The number of halogens is 4. The summed E-state index contributed by atoms with van der Waals surface area (Å²) in [5.41, 5.74) is 0.305. The summed E-state index contributed by atoms with van der Waals surface area (Å²) in [5.74, 6) is -1.75. The Hall–Kier alpha value is -2.34. The summed E-state index contributed by atoms with van der Waals surface area (Å²) in [7, 11) is 0. The molecule has 7 heteroatoms. The Balaban J connectivity index is 2.15. The molecule has 3 rings (SSSR count). The Morgan fingerprint density at radius 2 is 1.83 bits per heavy atom. The summed E-state index contributed by atoms with van der Waals surface area (Å²) in [6.07, 6.45) is -4.40. The average molecular weight is 354 g/mol. The van der Waals surface area contributed by atoms with Crippen molar-refractivity contribution in [3.05, 3.63) is 59.7 Å². The Bertz CT molecular complexity index is 819. The van der Waals surface area contributed by atoms with Crippen molar-refractivity contribution in [2.45, 2.75) is 12.6 Å². The van der Waals surface area contributed by atoms with Crippen LogP contribution in [0.2, 0.25) is 0 Å². The molecule has 1 unspecified atom stereocenters. The molecule has 1 heterocycles. The minimum absolute atomic E-state index is 0.0462. The van der Waals surface area contributed by atoms with Crippen LogP contribution in [0.3, 0.4) is 0 Å². The first-order chi connectivity index (χ1) is 11.3. The highest BCUT2D eigenvalue weighted by Gasteiger charge is 2.38. The minimum atomic E-state index is -4.53. The molecule has 0 saturated carbocycles. The molecule has 24 heavy (non-hydrogen) atoms. The topological polar surface area (TPSA) is 37.4 Å². The van der Waals surface area contributed by atoms with Crippen molar-refractivity contribution in [1.29, 1.82) is 0 Å². The van der Waals surface area contributed by atoms with E-state index in [1.54, 1.807) is 24.3 Å². The first kappa shape index (κ1) is 16.5. The lowest BCUT2D eigenvalue weighted by Crippen LogP contribution is -2.40. The lowest BCUT2D eigenvalue weighted by Gasteiger charge is -2.33. The third-order valence-corrected chi connectivity index (χ3v) is 4.14. The van der Waals surface area contributed by atoms with Gasteiger partial charge in [-0.25, -0.2) is 0 Å². The van der Waals surface area contributed by atoms with E-state index < -0.39 is 28.8 Å². The van der Waals surface area contributed by atoms with Crippen LogP contribution in [0.5, 0.6) is 0 Å². The molecule has 0 saturated heterocycles. The summed E-state index contributed by atoms with van der Waals surface area (Å²) >= 11 is 5.51. The summed E-state index contributed by atoms with van der Waals surface area (Å²) in [5, 5.41) is -0.827. The third-order valence-electron chi connectivity index (χ3n) is 3.88. The molecule has 1 atom stereocenters. The van der Waals surface area contributed by atoms with Gasteiger partial charge in [0.15, 0.2) is 0 Å². The quantitative estimate of drug-likeness (QED) is 0.596. The molecule has 0 aromatic heterocycles. The first-order valence-electron chi connectivity index (χ1n) is 7.07. The number of hydrogen-bond donors (Lipinski definition) is 0.